The third kappa shape index (κ3) is 2.66. The Kier molecular flexibility index (Phi) is 3.85. The Morgan fingerprint density at radius 2 is 2.29 bits per heavy atom. The Morgan fingerprint density at radius 1 is 1.57 bits per heavy atom. The highest BCUT2D eigenvalue weighted by Crippen LogP contribution is 2.32. The standard InChI is InChI=1S/C10H15F2NO/c1-2-3-5-13-6-4-9(7-14)10(11,12)8-13/h1,9,14H,3-8H2. The molecule has 0 aromatic heterocycles. The van der Waals surface area contributed by atoms with Crippen LogP contribution in [0, 0.1) is 18.3 Å². The van der Waals surface area contributed by atoms with Gasteiger partial charge in [-0.05, 0) is 13.0 Å². The van der Waals surface area contributed by atoms with Gasteiger partial charge in [-0.25, -0.2) is 8.78 Å². The fraction of sp³-hybridized carbons (Fsp3) is 0.800. The fourth-order valence-corrected chi connectivity index (χ4v) is 1.69. The minimum Gasteiger partial charge on any atom is -0.396 e. The summed E-state index contributed by atoms with van der Waals surface area (Å²) >= 11 is 0. The van der Waals surface area contributed by atoms with Gasteiger partial charge in [0.15, 0.2) is 0 Å². The quantitative estimate of drug-likeness (QED) is 0.691. The van der Waals surface area contributed by atoms with Crippen LogP contribution in [0.5, 0.6) is 0 Å². The average molecular weight is 203 g/mol. The van der Waals surface area contributed by atoms with Crippen LogP contribution in [0.25, 0.3) is 0 Å². The molecule has 0 aromatic carbocycles. The molecule has 1 atom stereocenters. The van der Waals surface area contributed by atoms with Gasteiger partial charge in [-0.1, -0.05) is 0 Å². The number of alkyl halides is 2. The van der Waals surface area contributed by atoms with Crippen LogP contribution in [-0.4, -0.2) is 42.2 Å². The van der Waals surface area contributed by atoms with Crippen molar-refractivity contribution in [2.24, 2.45) is 5.92 Å². The first-order valence-corrected chi connectivity index (χ1v) is 4.74. The number of piperidine rings is 1. The van der Waals surface area contributed by atoms with Gasteiger partial charge >= 0.3 is 0 Å². The predicted molar refractivity (Wildman–Crippen MR) is 50.0 cm³/mol. The number of halogens is 2. The van der Waals surface area contributed by atoms with Crippen molar-refractivity contribution >= 4 is 0 Å². The third-order valence-corrected chi connectivity index (χ3v) is 2.62. The minimum absolute atomic E-state index is 0.278. The van der Waals surface area contributed by atoms with Gasteiger partial charge in [0.05, 0.1) is 13.2 Å². The number of likely N-dealkylation sites (tertiary alicyclic amines) is 1. The molecule has 4 heteroatoms. The maximum Gasteiger partial charge on any atom is 0.265 e. The summed E-state index contributed by atoms with van der Waals surface area (Å²) in [4.78, 5) is 1.66. The highest BCUT2D eigenvalue weighted by atomic mass is 19.3. The van der Waals surface area contributed by atoms with Crippen LogP contribution in [0.3, 0.4) is 0 Å². The van der Waals surface area contributed by atoms with Gasteiger partial charge in [0.25, 0.3) is 5.92 Å². The Labute approximate surface area is 82.9 Å². The zero-order chi connectivity index (χ0) is 10.6. The van der Waals surface area contributed by atoms with Gasteiger partial charge < -0.3 is 5.11 Å². The lowest BCUT2D eigenvalue weighted by Gasteiger charge is -2.37. The van der Waals surface area contributed by atoms with Crippen molar-refractivity contribution in [3.8, 4) is 12.3 Å². The lowest BCUT2D eigenvalue weighted by Crippen LogP contribution is -2.49. The zero-order valence-corrected chi connectivity index (χ0v) is 8.05. The Bertz CT molecular complexity index is 225. The monoisotopic (exact) mass is 203 g/mol. The Balaban J connectivity index is 2.46. The number of rotatable bonds is 3. The van der Waals surface area contributed by atoms with Crippen LogP contribution in [0.1, 0.15) is 12.8 Å². The summed E-state index contributed by atoms with van der Waals surface area (Å²) < 4.78 is 26.6. The van der Waals surface area contributed by atoms with Gasteiger partial charge in [0.2, 0.25) is 0 Å². The summed E-state index contributed by atoms with van der Waals surface area (Å²) in [7, 11) is 0. The molecule has 2 nitrogen and oxygen atoms in total. The van der Waals surface area contributed by atoms with Gasteiger partial charge in [0, 0.05) is 18.9 Å². The van der Waals surface area contributed by atoms with E-state index in [2.05, 4.69) is 5.92 Å². The summed E-state index contributed by atoms with van der Waals surface area (Å²) in [6.07, 6.45) is 5.90. The molecule has 0 aromatic rings. The molecule has 1 heterocycles. The molecule has 0 bridgehead atoms. The summed E-state index contributed by atoms with van der Waals surface area (Å²) in [6, 6.07) is 0. The molecule has 14 heavy (non-hydrogen) atoms. The number of aliphatic hydroxyl groups excluding tert-OH is 1. The molecule has 1 unspecified atom stereocenters. The van der Waals surface area contributed by atoms with E-state index in [4.69, 9.17) is 11.5 Å². The second-order valence-corrected chi connectivity index (χ2v) is 3.66. The SMILES string of the molecule is C#CCCN1CCC(CO)C(F)(F)C1. The average Bonchev–Trinajstić information content (AvgIpc) is 2.13. The lowest BCUT2D eigenvalue weighted by atomic mass is 9.93. The van der Waals surface area contributed by atoms with E-state index in [0.29, 0.717) is 25.9 Å². The predicted octanol–water partition coefficient (Wildman–Crippen LogP) is 0.959. The molecule has 0 saturated carbocycles. The first-order valence-electron chi connectivity index (χ1n) is 4.74. The second-order valence-electron chi connectivity index (χ2n) is 3.66. The van der Waals surface area contributed by atoms with Gasteiger partial charge in [-0.3, -0.25) is 4.90 Å². The fourth-order valence-electron chi connectivity index (χ4n) is 1.69. The summed E-state index contributed by atoms with van der Waals surface area (Å²) in [5.41, 5.74) is 0. The maximum atomic E-state index is 13.3. The van der Waals surface area contributed by atoms with E-state index >= 15 is 0 Å². The van der Waals surface area contributed by atoms with Crippen LogP contribution in [0.15, 0.2) is 0 Å². The third-order valence-electron chi connectivity index (χ3n) is 2.62. The van der Waals surface area contributed by atoms with E-state index in [1.165, 1.54) is 0 Å². The second kappa shape index (κ2) is 4.72. The highest BCUT2D eigenvalue weighted by Gasteiger charge is 2.43. The number of aliphatic hydroxyl groups is 1. The van der Waals surface area contributed by atoms with E-state index < -0.39 is 18.4 Å². The molecule has 1 N–H and O–H groups in total. The molecule has 0 radical (unpaired) electrons. The van der Waals surface area contributed by atoms with Crippen LogP contribution in [0.2, 0.25) is 0 Å². The molecule has 0 amide bonds. The van der Waals surface area contributed by atoms with Crippen molar-refractivity contribution < 1.29 is 13.9 Å². The molecule has 1 aliphatic rings. The molecule has 1 aliphatic heterocycles. The Morgan fingerprint density at radius 3 is 2.79 bits per heavy atom. The first kappa shape index (κ1) is 11.4. The van der Waals surface area contributed by atoms with E-state index in [-0.39, 0.29) is 6.54 Å². The van der Waals surface area contributed by atoms with Crippen molar-refractivity contribution in [2.75, 3.05) is 26.2 Å². The molecule has 0 spiro atoms. The van der Waals surface area contributed by atoms with Gasteiger partial charge in [-0.2, -0.15) is 0 Å². The molecule has 80 valence electrons. The molecular formula is C10H15F2NO. The molecule has 1 saturated heterocycles. The smallest absolute Gasteiger partial charge is 0.265 e. The topological polar surface area (TPSA) is 23.5 Å². The summed E-state index contributed by atoms with van der Waals surface area (Å²) in [5.74, 6) is -1.23. The van der Waals surface area contributed by atoms with Crippen molar-refractivity contribution in [3.63, 3.8) is 0 Å². The highest BCUT2D eigenvalue weighted by molar-refractivity contribution is 4.89. The van der Waals surface area contributed by atoms with E-state index in [1.807, 2.05) is 0 Å². The Hall–Kier alpha value is -0.660. The van der Waals surface area contributed by atoms with Gasteiger partial charge in [0.1, 0.15) is 0 Å². The molecule has 0 aliphatic carbocycles. The summed E-state index contributed by atoms with van der Waals surface area (Å²) in [6.45, 7) is 0.405. The largest absolute Gasteiger partial charge is 0.396 e. The minimum atomic E-state index is -2.78. The van der Waals surface area contributed by atoms with E-state index in [9.17, 15) is 8.78 Å². The normalized spacial score (nSPS) is 27.1. The van der Waals surface area contributed by atoms with Crippen molar-refractivity contribution in [1.29, 1.82) is 0 Å². The zero-order valence-electron chi connectivity index (χ0n) is 8.05. The number of hydrogen-bond donors (Lipinski definition) is 1. The lowest BCUT2D eigenvalue weighted by molar-refractivity contribution is -0.123. The summed E-state index contributed by atoms with van der Waals surface area (Å²) in [5, 5.41) is 8.76. The first-order chi connectivity index (χ1) is 6.60. The molecular weight excluding hydrogens is 188 g/mol. The van der Waals surface area contributed by atoms with E-state index in [0.717, 1.165) is 0 Å². The van der Waals surface area contributed by atoms with Crippen molar-refractivity contribution in [2.45, 2.75) is 18.8 Å². The van der Waals surface area contributed by atoms with Crippen LogP contribution < -0.4 is 0 Å². The number of nitrogens with zero attached hydrogens (tertiary/aromatic N) is 1. The van der Waals surface area contributed by atoms with E-state index in [1.54, 1.807) is 4.90 Å². The van der Waals surface area contributed by atoms with Crippen molar-refractivity contribution in [1.82, 2.24) is 4.90 Å². The molecule has 1 rings (SSSR count). The maximum absolute atomic E-state index is 13.3. The van der Waals surface area contributed by atoms with Crippen LogP contribution in [-0.2, 0) is 0 Å². The van der Waals surface area contributed by atoms with Gasteiger partial charge in [-0.15, -0.1) is 12.3 Å². The number of hydrogen-bond acceptors (Lipinski definition) is 2. The number of terminal acetylenes is 1. The van der Waals surface area contributed by atoms with Crippen LogP contribution >= 0.6 is 0 Å². The van der Waals surface area contributed by atoms with Crippen LogP contribution in [0.4, 0.5) is 8.78 Å². The van der Waals surface area contributed by atoms with Crippen molar-refractivity contribution in [3.05, 3.63) is 0 Å². The molecule has 1 fully saturated rings.